The number of nitrogens with one attached hydrogen (secondary N) is 2. The van der Waals surface area contributed by atoms with Crippen molar-refractivity contribution < 1.29 is 13.6 Å². The van der Waals surface area contributed by atoms with Crippen LogP contribution in [0.5, 0.6) is 0 Å². The van der Waals surface area contributed by atoms with Gasteiger partial charge in [0.15, 0.2) is 0 Å². The van der Waals surface area contributed by atoms with Crippen molar-refractivity contribution in [2.75, 3.05) is 13.1 Å². The molecule has 0 aliphatic carbocycles. The second-order valence-electron chi connectivity index (χ2n) is 2.89. The summed E-state index contributed by atoms with van der Waals surface area (Å²) in [7, 11) is 0. The van der Waals surface area contributed by atoms with Crippen molar-refractivity contribution in [2.45, 2.75) is 25.3 Å². The first-order valence-electron chi connectivity index (χ1n) is 3.94. The molecule has 0 spiro atoms. The van der Waals surface area contributed by atoms with Crippen molar-refractivity contribution >= 4 is 18.3 Å². The molecule has 1 atom stereocenters. The summed E-state index contributed by atoms with van der Waals surface area (Å²) in [6.45, 7) is 1.84. The Bertz CT molecular complexity index is 189. The normalized spacial score (nSPS) is 25.0. The van der Waals surface area contributed by atoms with Gasteiger partial charge in [0.1, 0.15) is 0 Å². The fourth-order valence-corrected chi connectivity index (χ4v) is 1.20. The van der Waals surface area contributed by atoms with E-state index in [1.165, 1.54) is 0 Å². The van der Waals surface area contributed by atoms with Crippen molar-refractivity contribution in [3.63, 3.8) is 0 Å². The van der Waals surface area contributed by atoms with E-state index in [0.717, 1.165) is 0 Å². The molecule has 0 radical (unpaired) electrons. The highest BCUT2D eigenvalue weighted by atomic mass is 35.5. The average Bonchev–Trinajstić information content (AvgIpc) is 2.31. The van der Waals surface area contributed by atoms with E-state index in [-0.39, 0.29) is 18.3 Å². The molecule has 1 heterocycles. The predicted octanol–water partition coefficient (Wildman–Crippen LogP) is 0.541. The molecule has 13 heavy (non-hydrogen) atoms. The monoisotopic (exact) mass is 214 g/mol. The third-order valence-corrected chi connectivity index (χ3v) is 1.78. The Morgan fingerprint density at radius 2 is 2.31 bits per heavy atom. The van der Waals surface area contributed by atoms with Crippen LogP contribution in [0.3, 0.4) is 0 Å². The number of amides is 1. The van der Waals surface area contributed by atoms with Crippen LogP contribution in [-0.4, -0.2) is 31.0 Å². The van der Waals surface area contributed by atoms with Gasteiger partial charge in [0, 0.05) is 13.0 Å². The average molecular weight is 215 g/mol. The van der Waals surface area contributed by atoms with Gasteiger partial charge in [-0.15, -0.1) is 12.4 Å². The minimum Gasteiger partial charge on any atom is -0.355 e. The molecule has 1 aliphatic rings. The number of carbonyl (C=O) groups is 1. The Morgan fingerprint density at radius 3 is 2.69 bits per heavy atom. The molecule has 0 aromatic rings. The molecule has 1 rings (SSSR count). The SMILES string of the molecule is CCNC(=O)C1CC(F)(F)CN1.Cl. The first-order valence-corrected chi connectivity index (χ1v) is 3.94. The van der Waals surface area contributed by atoms with Gasteiger partial charge in [-0.1, -0.05) is 0 Å². The summed E-state index contributed by atoms with van der Waals surface area (Å²) in [6, 6.07) is -0.722. The molecule has 1 aliphatic heterocycles. The number of hydrogen-bond donors (Lipinski definition) is 2. The maximum Gasteiger partial charge on any atom is 0.262 e. The first kappa shape index (κ1) is 12.6. The van der Waals surface area contributed by atoms with Crippen LogP contribution in [0, 0.1) is 0 Å². The molecule has 3 nitrogen and oxygen atoms in total. The maximum atomic E-state index is 12.6. The van der Waals surface area contributed by atoms with Crippen molar-refractivity contribution in [1.29, 1.82) is 0 Å². The lowest BCUT2D eigenvalue weighted by Gasteiger charge is -2.08. The van der Waals surface area contributed by atoms with Gasteiger partial charge in [0.05, 0.1) is 12.6 Å². The summed E-state index contributed by atoms with van der Waals surface area (Å²) in [6.07, 6.45) is -0.390. The fraction of sp³-hybridized carbons (Fsp3) is 0.857. The standard InChI is InChI=1S/C7H12F2N2O.ClH/c1-2-10-6(12)5-3-7(8,9)4-11-5;/h5,11H,2-4H2,1H3,(H,10,12);1H. The lowest BCUT2D eigenvalue weighted by molar-refractivity contribution is -0.123. The van der Waals surface area contributed by atoms with Crippen LogP contribution in [0.2, 0.25) is 0 Å². The zero-order chi connectivity index (χ0) is 9.19. The van der Waals surface area contributed by atoms with E-state index in [4.69, 9.17) is 0 Å². The lowest BCUT2D eigenvalue weighted by Crippen LogP contribution is -2.40. The molecule has 0 saturated carbocycles. The lowest BCUT2D eigenvalue weighted by atomic mass is 10.2. The maximum absolute atomic E-state index is 12.6. The number of alkyl halides is 2. The van der Waals surface area contributed by atoms with Gasteiger partial charge in [-0.2, -0.15) is 0 Å². The second kappa shape index (κ2) is 4.72. The van der Waals surface area contributed by atoms with Crippen LogP contribution in [0.15, 0.2) is 0 Å². The van der Waals surface area contributed by atoms with Crippen LogP contribution in [0.4, 0.5) is 8.78 Å². The number of halogens is 3. The van der Waals surface area contributed by atoms with Crippen LogP contribution in [-0.2, 0) is 4.79 Å². The molecule has 0 bridgehead atoms. The highest BCUT2D eigenvalue weighted by Gasteiger charge is 2.41. The zero-order valence-corrected chi connectivity index (χ0v) is 8.09. The van der Waals surface area contributed by atoms with E-state index < -0.39 is 24.9 Å². The van der Waals surface area contributed by atoms with Gasteiger partial charge < -0.3 is 5.32 Å². The summed E-state index contributed by atoms with van der Waals surface area (Å²) in [4.78, 5) is 11.0. The summed E-state index contributed by atoms with van der Waals surface area (Å²) < 4.78 is 25.1. The van der Waals surface area contributed by atoms with Crippen molar-refractivity contribution in [3.8, 4) is 0 Å². The van der Waals surface area contributed by atoms with Gasteiger partial charge in [-0.05, 0) is 6.92 Å². The number of carbonyl (C=O) groups excluding carboxylic acids is 1. The molecule has 0 aromatic heterocycles. The molecule has 0 aromatic carbocycles. The second-order valence-corrected chi connectivity index (χ2v) is 2.89. The first-order chi connectivity index (χ1) is 5.55. The quantitative estimate of drug-likeness (QED) is 0.705. The molecule has 1 fully saturated rings. The Hall–Kier alpha value is -0.420. The highest BCUT2D eigenvalue weighted by molar-refractivity contribution is 5.85. The van der Waals surface area contributed by atoms with E-state index in [1.54, 1.807) is 6.92 Å². The van der Waals surface area contributed by atoms with Crippen LogP contribution < -0.4 is 10.6 Å². The molecule has 1 saturated heterocycles. The van der Waals surface area contributed by atoms with E-state index in [0.29, 0.717) is 6.54 Å². The Balaban J connectivity index is 0.00000144. The summed E-state index contributed by atoms with van der Waals surface area (Å²) in [5.41, 5.74) is 0. The number of hydrogen-bond acceptors (Lipinski definition) is 2. The van der Waals surface area contributed by atoms with E-state index in [2.05, 4.69) is 10.6 Å². The fourth-order valence-electron chi connectivity index (χ4n) is 1.20. The molecule has 1 unspecified atom stereocenters. The highest BCUT2D eigenvalue weighted by Crippen LogP contribution is 2.24. The zero-order valence-electron chi connectivity index (χ0n) is 7.27. The number of likely N-dealkylation sites (N-methyl/N-ethyl adjacent to an activating group) is 1. The van der Waals surface area contributed by atoms with E-state index in [1.807, 2.05) is 0 Å². The minimum atomic E-state index is -2.73. The third kappa shape index (κ3) is 3.44. The summed E-state index contributed by atoms with van der Waals surface area (Å²) in [5.74, 6) is -3.06. The molecular weight excluding hydrogens is 202 g/mol. The summed E-state index contributed by atoms with van der Waals surface area (Å²) in [5, 5.41) is 4.96. The molecule has 2 N–H and O–H groups in total. The molecule has 78 valence electrons. The minimum absolute atomic E-state index is 0. The van der Waals surface area contributed by atoms with Crippen molar-refractivity contribution in [3.05, 3.63) is 0 Å². The molecular formula is C7H13ClF2N2O. The van der Waals surface area contributed by atoms with Crippen LogP contribution >= 0.6 is 12.4 Å². The Morgan fingerprint density at radius 1 is 1.69 bits per heavy atom. The van der Waals surface area contributed by atoms with Crippen molar-refractivity contribution in [1.82, 2.24) is 10.6 Å². The Labute approximate surface area is 81.7 Å². The van der Waals surface area contributed by atoms with Crippen LogP contribution in [0.1, 0.15) is 13.3 Å². The van der Waals surface area contributed by atoms with Crippen molar-refractivity contribution in [2.24, 2.45) is 0 Å². The third-order valence-electron chi connectivity index (χ3n) is 1.78. The topological polar surface area (TPSA) is 41.1 Å². The largest absolute Gasteiger partial charge is 0.355 e. The van der Waals surface area contributed by atoms with Gasteiger partial charge in [0.25, 0.3) is 5.92 Å². The molecule has 1 amide bonds. The van der Waals surface area contributed by atoms with Gasteiger partial charge in [0.2, 0.25) is 5.91 Å². The van der Waals surface area contributed by atoms with E-state index in [9.17, 15) is 13.6 Å². The van der Waals surface area contributed by atoms with Gasteiger partial charge in [-0.25, -0.2) is 8.78 Å². The molecule has 6 heteroatoms. The Kier molecular flexibility index (Phi) is 4.56. The van der Waals surface area contributed by atoms with E-state index >= 15 is 0 Å². The van der Waals surface area contributed by atoms with Gasteiger partial charge >= 0.3 is 0 Å². The summed E-state index contributed by atoms with van der Waals surface area (Å²) >= 11 is 0. The smallest absolute Gasteiger partial charge is 0.262 e. The van der Waals surface area contributed by atoms with Crippen LogP contribution in [0.25, 0.3) is 0 Å². The predicted molar refractivity (Wildman–Crippen MR) is 47.3 cm³/mol. The number of rotatable bonds is 2. The van der Waals surface area contributed by atoms with Gasteiger partial charge in [-0.3, -0.25) is 10.1 Å².